The van der Waals surface area contributed by atoms with E-state index in [2.05, 4.69) is 62.8 Å². The number of guanidine groups is 1. The average molecular weight is 398 g/mol. The predicted molar refractivity (Wildman–Crippen MR) is 117 cm³/mol. The summed E-state index contributed by atoms with van der Waals surface area (Å²) in [6.45, 7) is 5.69. The number of likely N-dealkylation sites (N-methyl/N-ethyl adjacent to an activating group) is 1. The highest BCUT2D eigenvalue weighted by Crippen LogP contribution is 2.24. The summed E-state index contributed by atoms with van der Waals surface area (Å²) >= 11 is 0. The molecule has 29 heavy (non-hydrogen) atoms. The molecule has 2 aromatic rings. The summed E-state index contributed by atoms with van der Waals surface area (Å²) in [6, 6.07) is 17.8. The minimum atomic E-state index is -0.215. The molecule has 1 aliphatic rings. The van der Waals surface area contributed by atoms with Crippen LogP contribution in [0.4, 0.5) is 4.39 Å². The van der Waals surface area contributed by atoms with Crippen LogP contribution in [0.5, 0.6) is 0 Å². The van der Waals surface area contributed by atoms with E-state index < -0.39 is 0 Å². The van der Waals surface area contributed by atoms with E-state index in [-0.39, 0.29) is 5.82 Å². The normalized spacial score (nSPS) is 18.6. The van der Waals surface area contributed by atoms with E-state index in [1.807, 2.05) is 6.07 Å². The van der Waals surface area contributed by atoms with Gasteiger partial charge in [0.1, 0.15) is 5.82 Å². The van der Waals surface area contributed by atoms with E-state index in [0.29, 0.717) is 12.6 Å². The number of piperazine rings is 1. The monoisotopic (exact) mass is 397 g/mol. The summed E-state index contributed by atoms with van der Waals surface area (Å²) in [5.41, 5.74) is 2.29. The molecule has 3 rings (SSSR count). The molecular weight excluding hydrogens is 365 g/mol. The molecule has 0 amide bonds. The molecule has 0 aromatic heterocycles. The molecule has 1 aliphatic heterocycles. The van der Waals surface area contributed by atoms with Crippen LogP contribution in [0, 0.1) is 5.82 Å². The molecule has 0 radical (unpaired) electrons. The third kappa shape index (κ3) is 6.54. The Hall–Kier alpha value is -2.44. The number of aliphatic imine (C=N–C) groups is 1. The van der Waals surface area contributed by atoms with Crippen LogP contribution in [-0.2, 0) is 6.54 Å². The lowest BCUT2D eigenvalue weighted by atomic mass is 10.0. The molecule has 0 aliphatic carbocycles. The molecule has 1 saturated heterocycles. The molecule has 6 heteroatoms. The molecule has 0 saturated carbocycles. The van der Waals surface area contributed by atoms with Gasteiger partial charge in [-0.25, -0.2) is 4.39 Å². The summed E-state index contributed by atoms with van der Waals surface area (Å²) in [6.07, 6.45) is 1.04. The average Bonchev–Trinajstić information content (AvgIpc) is 2.74. The van der Waals surface area contributed by atoms with Gasteiger partial charge in [0.25, 0.3) is 0 Å². The second-order valence-corrected chi connectivity index (χ2v) is 7.56. The van der Waals surface area contributed by atoms with Crippen molar-refractivity contribution in [3.8, 4) is 0 Å². The fourth-order valence-corrected chi connectivity index (χ4v) is 3.76. The molecule has 2 aromatic carbocycles. The van der Waals surface area contributed by atoms with E-state index in [4.69, 9.17) is 0 Å². The molecule has 5 nitrogen and oxygen atoms in total. The molecular formula is C23H32FN5. The minimum absolute atomic E-state index is 0.215. The fourth-order valence-electron chi connectivity index (χ4n) is 3.76. The Morgan fingerprint density at radius 2 is 1.93 bits per heavy atom. The Bertz CT molecular complexity index is 780. The second-order valence-electron chi connectivity index (χ2n) is 7.56. The Labute approximate surface area is 173 Å². The molecule has 1 atom stereocenters. The smallest absolute Gasteiger partial charge is 0.191 e. The van der Waals surface area contributed by atoms with Crippen LogP contribution in [0.3, 0.4) is 0 Å². The first-order valence-electron chi connectivity index (χ1n) is 10.3. The maximum absolute atomic E-state index is 13.3. The van der Waals surface area contributed by atoms with Crippen molar-refractivity contribution in [3.63, 3.8) is 0 Å². The fraction of sp³-hybridized carbons (Fsp3) is 0.435. The SMILES string of the molecule is CN=C(NCCCN1CCN(C)CC1c1ccccc1)NCc1cccc(F)c1. The van der Waals surface area contributed by atoms with Crippen molar-refractivity contribution >= 4 is 5.96 Å². The van der Waals surface area contributed by atoms with Crippen molar-refractivity contribution in [2.24, 2.45) is 4.99 Å². The van der Waals surface area contributed by atoms with Crippen LogP contribution in [0.2, 0.25) is 0 Å². The van der Waals surface area contributed by atoms with Crippen LogP contribution < -0.4 is 10.6 Å². The first-order chi connectivity index (χ1) is 14.2. The summed E-state index contributed by atoms with van der Waals surface area (Å²) < 4.78 is 13.3. The zero-order valence-electron chi connectivity index (χ0n) is 17.4. The zero-order valence-corrected chi connectivity index (χ0v) is 17.4. The van der Waals surface area contributed by atoms with Gasteiger partial charge in [0.05, 0.1) is 0 Å². The molecule has 1 unspecified atom stereocenters. The first kappa shape index (κ1) is 21.3. The Morgan fingerprint density at radius 3 is 2.69 bits per heavy atom. The number of hydrogen-bond acceptors (Lipinski definition) is 3. The zero-order chi connectivity index (χ0) is 20.5. The summed E-state index contributed by atoms with van der Waals surface area (Å²) in [4.78, 5) is 9.25. The van der Waals surface area contributed by atoms with E-state index in [1.165, 1.54) is 17.7 Å². The van der Waals surface area contributed by atoms with Gasteiger partial charge >= 0.3 is 0 Å². The lowest BCUT2D eigenvalue weighted by molar-refractivity contribution is 0.0891. The van der Waals surface area contributed by atoms with Crippen molar-refractivity contribution in [2.45, 2.75) is 19.0 Å². The number of rotatable bonds is 7. The summed E-state index contributed by atoms with van der Waals surface area (Å²) in [7, 11) is 3.95. The van der Waals surface area contributed by atoms with Crippen molar-refractivity contribution in [3.05, 3.63) is 71.5 Å². The van der Waals surface area contributed by atoms with E-state index in [9.17, 15) is 4.39 Å². The number of nitrogens with zero attached hydrogens (tertiary/aromatic N) is 3. The Kier molecular flexibility index (Phi) is 8.02. The highest BCUT2D eigenvalue weighted by molar-refractivity contribution is 5.79. The number of halogens is 1. The highest BCUT2D eigenvalue weighted by atomic mass is 19.1. The van der Waals surface area contributed by atoms with Gasteiger partial charge < -0.3 is 15.5 Å². The van der Waals surface area contributed by atoms with Gasteiger partial charge in [-0.3, -0.25) is 9.89 Å². The van der Waals surface area contributed by atoms with Crippen LogP contribution in [-0.4, -0.2) is 62.6 Å². The van der Waals surface area contributed by atoms with Gasteiger partial charge in [0.15, 0.2) is 5.96 Å². The highest BCUT2D eigenvalue weighted by Gasteiger charge is 2.25. The first-order valence-corrected chi connectivity index (χ1v) is 10.3. The molecule has 2 N–H and O–H groups in total. The Balaban J connectivity index is 1.44. The lowest BCUT2D eigenvalue weighted by Crippen LogP contribution is -2.47. The molecule has 0 bridgehead atoms. The lowest BCUT2D eigenvalue weighted by Gasteiger charge is -2.40. The van der Waals surface area contributed by atoms with E-state index >= 15 is 0 Å². The molecule has 0 spiro atoms. The van der Waals surface area contributed by atoms with Gasteiger partial charge in [-0.05, 0) is 36.7 Å². The quantitative estimate of drug-likeness (QED) is 0.428. The van der Waals surface area contributed by atoms with Crippen LogP contribution in [0.25, 0.3) is 0 Å². The topological polar surface area (TPSA) is 42.9 Å². The van der Waals surface area contributed by atoms with Crippen LogP contribution >= 0.6 is 0 Å². The van der Waals surface area contributed by atoms with Crippen molar-refractivity contribution in [2.75, 3.05) is 46.8 Å². The van der Waals surface area contributed by atoms with Crippen molar-refractivity contribution in [1.29, 1.82) is 0 Å². The summed E-state index contributed by atoms with van der Waals surface area (Å²) in [5.74, 6) is 0.527. The van der Waals surface area contributed by atoms with Crippen LogP contribution in [0.1, 0.15) is 23.6 Å². The molecule has 1 fully saturated rings. The van der Waals surface area contributed by atoms with E-state index in [1.54, 1.807) is 13.1 Å². The van der Waals surface area contributed by atoms with Crippen molar-refractivity contribution < 1.29 is 4.39 Å². The summed E-state index contributed by atoms with van der Waals surface area (Å²) in [5, 5.41) is 6.61. The van der Waals surface area contributed by atoms with Crippen molar-refractivity contribution in [1.82, 2.24) is 20.4 Å². The third-order valence-electron chi connectivity index (χ3n) is 5.37. The van der Waals surface area contributed by atoms with Gasteiger partial charge in [-0.1, -0.05) is 42.5 Å². The minimum Gasteiger partial charge on any atom is -0.356 e. The largest absolute Gasteiger partial charge is 0.356 e. The van der Waals surface area contributed by atoms with Gasteiger partial charge in [-0.15, -0.1) is 0 Å². The predicted octanol–water partition coefficient (Wildman–Crippen LogP) is 2.87. The third-order valence-corrected chi connectivity index (χ3v) is 5.37. The standard InChI is InChI=1S/C23H32FN5/c1-25-23(27-17-19-8-6-11-21(24)16-19)26-12-7-13-29-15-14-28(2)18-22(29)20-9-4-3-5-10-20/h3-6,8-11,16,22H,7,12-15,17-18H2,1-2H3,(H2,25,26,27). The van der Waals surface area contributed by atoms with Gasteiger partial charge in [0, 0.05) is 52.4 Å². The second kappa shape index (κ2) is 10.9. The van der Waals surface area contributed by atoms with Gasteiger partial charge in [-0.2, -0.15) is 0 Å². The molecule has 156 valence electrons. The number of nitrogens with one attached hydrogen (secondary N) is 2. The maximum atomic E-state index is 13.3. The number of hydrogen-bond donors (Lipinski definition) is 2. The molecule has 1 heterocycles. The maximum Gasteiger partial charge on any atom is 0.191 e. The Morgan fingerprint density at radius 1 is 1.10 bits per heavy atom. The number of benzene rings is 2. The van der Waals surface area contributed by atoms with Crippen LogP contribution in [0.15, 0.2) is 59.6 Å². The van der Waals surface area contributed by atoms with E-state index in [0.717, 1.165) is 50.7 Å². The van der Waals surface area contributed by atoms with Gasteiger partial charge in [0.2, 0.25) is 0 Å².